The van der Waals surface area contributed by atoms with Crippen LogP contribution in [-0.2, 0) is 32.0 Å². The number of imidazole rings is 1. The van der Waals surface area contributed by atoms with E-state index in [4.69, 9.17) is 23.7 Å². The highest BCUT2D eigenvalue weighted by Gasteiger charge is 2.13. The Morgan fingerprint density at radius 3 is 1.64 bits per heavy atom. The lowest BCUT2D eigenvalue weighted by Gasteiger charge is -2.18. The summed E-state index contributed by atoms with van der Waals surface area (Å²) in [5, 5.41) is 0. The third-order valence-corrected chi connectivity index (χ3v) is 8.82. The van der Waals surface area contributed by atoms with Gasteiger partial charge in [-0.25, -0.2) is 19.1 Å². The predicted octanol–water partition coefficient (Wildman–Crippen LogP) is 5.93. The van der Waals surface area contributed by atoms with Gasteiger partial charge < -0.3 is 36.1 Å². The van der Waals surface area contributed by atoms with Gasteiger partial charge in [0.05, 0.1) is 52.8 Å². The van der Waals surface area contributed by atoms with E-state index in [-0.39, 0.29) is 18.5 Å². The van der Waals surface area contributed by atoms with Crippen molar-refractivity contribution in [2.24, 2.45) is 0 Å². The third-order valence-electron chi connectivity index (χ3n) is 8.82. The molecule has 9 nitrogen and oxygen atoms in total. The van der Waals surface area contributed by atoms with Crippen molar-refractivity contribution in [1.29, 1.82) is 0 Å². The Balaban J connectivity index is 0.0000125. The van der Waals surface area contributed by atoms with Gasteiger partial charge in [0.15, 0.2) is 0 Å². The van der Waals surface area contributed by atoms with Crippen LogP contribution in [0.3, 0.4) is 0 Å². The van der Waals surface area contributed by atoms with Crippen LogP contribution in [0.25, 0.3) is 0 Å². The molecule has 0 fully saturated rings. The van der Waals surface area contributed by atoms with Gasteiger partial charge in [-0.05, 0) is 25.3 Å². The fourth-order valence-electron chi connectivity index (χ4n) is 5.83. The minimum Gasteiger partial charge on any atom is -1.00 e. The van der Waals surface area contributed by atoms with E-state index in [1.807, 2.05) is 0 Å². The molecule has 0 N–H and O–H groups in total. The largest absolute Gasteiger partial charge is 1.00 e. The highest BCUT2D eigenvalue weighted by molar-refractivity contribution is 4.94. The molecule has 2 rings (SSSR count). The molecule has 0 bridgehead atoms. The van der Waals surface area contributed by atoms with E-state index in [9.17, 15) is 0 Å². The second-order valence-electron chi connectivity index (χ2n) is 13.4. The molecule has 0 saturated carbocycles. The maximum Gasteiger partial charge on any atom is 0.316 e. The van der Waals surface area contributed by atoms with Crippen LogP contribution in [0.15, 0.2) is 37.2 Å². The molecule has 50 heavy (non-hydrogen) atoms. The van der Waals surface area contributed by atoms with E-state index < -0.39 is 0 Å². The zero-order chi connectivity index (χ0) is 34.7. The molecule has 1 atom stereocenters. The first-order chi connectivity index (χ1) is 24.3. The summed E-state index contributed by atoms with van der Waals surface area (Å²) in [6, 6.07) is 2.12. The van der Waals surface area contributed by atoms with Crippen LogP contribution in [0.1, 0.15) is 142 Å². The van der Waals surface area contributed by atoms with Crippen LogP contribution in [0.5, 0.6) is 6.01 Å². The Morgan fingerprint density at radius 1 is 0.580 bits per heavy atom. The zero-order valence-electron chi connectivity index (χ0n) is 32.0. The van der Waals surface area contributed by atoms with Crippen LogP contribution in [0, 0.1) is 0 Å². The number of rotatable bonds is 37. The smallest absolute Gasteiger partial charge is 0.316 e. The molecular weight excluding hydrogens is 652 g/mol. The normalized spacial score (nSPS) is 11.9. The molecule has 0 saturated heterocycles. The molecule has 0 aliphatic carbocycles. The van der Waals surface area contributed by atoms with Crippen LogP contribution in [0.4, 0.5) is 0 Å². The van der Waals surface area contributed by atoms with Crippen molar-refractivity contribution >= 4 is 0 Å². The Bertz CT molecular complexity index is 955. The number of hydrogen-bond acceptors (Lipinski definition) is 7. The number of aryl methyl sites for hydroxylation is 1. The third kappa shape index (κ3) is 27.9. The second kappa shape index (κ2) is 35.6. The molecule has 2 aromatic rings. The lowest BCUT2D eigenvalue weighted by Crippen LogP contribution is -3.00. The first-order valence-corrected chi connectivity index (χ1v) is 20.1. The number of aromatic nitrogens is 4. The number of halogens is 1. The minimum atomic E-state index is -0.268. The van der Waals surface area contributed by atoms with Gasteiger partial charge in [0.25, 0.3) is 0 Å². The van der Waals surface area contributed by atoms with Gasteiger partial charge in [0, 0.05) is 19.0 Å². The average Bonchev–Trinajstić information content (AvgIpc) is 3.58. The van der Waals surface area contributed by atoms with Crippen molar-refractivity contribution < 1.29 is 40.7 Å². The Hall–Kier alpha value is -1.78. The monoisotopic (exact) mass is 725 g/mol. The second-order valence-corrected chi connectivity index (χ2v) is 13.4. The zero-order valence-corrected chi connectivity index (χ0v) is 32.7. The molecule has 0 aromatic carbocycles. The van der Waals surface area contributed by atoms with Crippen LogP contribution in [0.2, 0.25) is 0 Å². The minimum absolute atomic E-state index is 0. The molecule has 0 amide bonds. The van der Waals surface area contributed by atoms with Crippen molar-refractivity contribution in [3.8, 4) is 6.01 Å². The van der Waals surface area contributed by atoms with Gasteiger partial charge in [0.2, 0.25) is 6.33 Å². The van der Waals surface area contributed by atoms with Crippen molar-refractivity contribution in [3.63, 3.8) is 0 Å². The quantitative estimate of drug-likeness (QED) is 0.0632. The van der Waals surface area contributed by atoms with Crippen molar-refractivity contribution in [2.45, 2.75) is 161 Å². The molecule has 0 spiro atoms. The molecule has 10 heteroatoms. The summed E-state index contributed by atoms with van der Waals surface area (Å²) in [4.78, 5) is 8.39. The highest BCUT2D eigenvalue weighted by Crippen LogP contribution is 2.14. The van der Waals surface area contributed by atoms with E-state index in [1.54, 1.807) is 18.5 Å². The lowest BCUT2D eigenvalue weighted by atomic mass is 10.0. The first kappa shape index (κ1) is 46.2. The first-order valence-electron chi connectivity index (χ1n) is 20.1. The topological polar surface area (TPSA) is 80.7 Å². The molecule has 0 radical (unpaired) electrons. The highest BCUT2D eigenvalue weighted by atomic mass is 35.5. The van der Waals surface area contributed by atoms with Crippen LogP contribution >= 0.6 is 0 Å². The van der Waals surface area contributed by atoms with Crippen LogP contribution < -0.4 is 21.7 Å². The molecule has 290 valence electrons. The fraction of sp³-hybridized carbons (Fsp3) is 0.825. The summed E-state index contributed by atoms with van der Waals surface area (Å²) < 4.78 is 33.7. The SMILES string of the molecule is CCCCCCCCCCCCCCCCCCOCC(COCCOCCOCCn1cc[n+](CCCCCC)c1)Oc1ncccn1.[Cl-]. The standard InChI is InChI=1S/C40H73N4O5.ClH/c1-3-5-7-9-10-11-12-13-14-15-16-17-18-19-20-22-30-47-36-39(49-40-41-24-23-25-42-40)37-48-35-34-46-33-32-45-31-29-44-28-27-43(38-44)26-21-8-6-4-2;/h23-25,27-28,38-39H,3-22,26,29-37H2,1-2H3;1H/q+1;/p-1. The van der Waals surface area contributed by atoms with Gasteiger partial charge in [-0.2, -0.15) is 0 Å². The molecule has 0 aliphatic rings. The number of unbranched alkanes of at least 4 members (excludes halogenated alkanes) is 18. The maximum atomic E-state index is 5.97. The summed E-state index contributed by atoms with van der Waals surface area (Å²) in [5.41, 5.74) is 0. The summed E-state index contributed by atoms with van der Waals surface area (Å²) in [6.07, 6.45) is 36.5. The van der Waals surface area contributed by atoms with Crippen molar-refractivity contribution in [2.75, 3.05) is 52.9 Å². The van der Waals surface area contributed by atoms with Gasteiger partial charge in [0.1, 0.15) is 25.0 Å². The molecular formula is C40H73ClN4O5. The summed E-state index contributed by atoms with van der Waals surface area (Å²) in [6.45, 7) is 10.8. The van der Waals surface area contributed by atoms with E-state index in [0.29, 0.717) is 52.3 Å². The molecule has 0 aliphatic heterocycles. The van der Waals surface area contributed by atoms with E-state index in [1.165, 1.54) is 122 Å². The van der Waals surface area contributed by atoms with E-state index >= 15 is 0 Å². The number of hydrogen-bond donors (Lipinski definition) is 0. The lowest BCUT2D eigenvalue weighted by molar-refractivity contribution is -0.696. The van der Waals surface area contributed by atoms with E-state index in [0.717, 1.165) is 26.1 Å². The van der Waals surface area contributed by atoms with E-state index in [2.05, 4.69) is 51.7 Å². The predicted molar refractivity (Wildman–Crippen MR) is 198 cm³/mol. The van der Waals surface area contributed by atoms with Crippen molar-refractivity contribution in [1.82, 2.24) is 14.5 Å². The summed E-state index contributed by atoms with van der Waals surface area (Å²) in [5.74, 6) is 0. The number of nitrogens with zero attached hydrogens (tertiary/aromatic N) is 4. The Kier molecular flexibility index (Phi) is 32.9. The molecule has 2 heterocycles. The van der Waals surface area contributed by atoms with Crippen LogP contribution in [-0.4, -0.2) is 73.5 Å². The average molecular weight is 726 g/mol. The maximum absolute atomic E-state index is 5.97. The summed E-state index contributed by atoms with van der Waals surface area (Å²) in [7, 11) is 0. The Labute approximate surface area is 312 Å². The van der Waals surface area contributed by atoms with Crippen molar-refractivity contribution in [3.05, 3.63) is 37.2 Å². The fourth-order valence-corrected chi connectivity index (χ4v) is 5.83. The van der Waals surface area contributed by atoms with Gasteiger partial charge in [-0.3, -0.25) is 0 Å². The molecule has 2 aromatic heterocycles. The summed E-state index contributed by atoms with van der Waals surface area (Å²) >= 11 is 0. The number of ether oxygens (including phenoxy) is 5. The Morgan fingerprint density at radius 2 is 1.06 bits per heavy atom. The van der Waals surface area contributed by atoms with Gasteiger partial charge in [-0.15, -0.1) is 0 Å². The van der Waals surface area contributed by atoms with Gasteiger partial charge in [-0.1, -0.05) is 123 Å². The molecule has 1 unspecified atom stereocenters. The van der Waals surface area contributed by atoms with Gasteiger partial charge >= 0.3 is 6.01 Å².